The zero-order chi connectivity index (χ0) is 30.4. The standard InChI is InChI=1S/C44H30N2/c1-45-41-18-6-4-14-36(41)39-25-28(20-22-42(39)45)29-21-23-44-40(26-29)37-15-5-7-19-43(37)46(44)32-12-8-11-30(24-32)34-16-9-17-35-33-13-3-2-10-31(33)27-38(34)35/h2-26H,27H2,1H3. The van der Waals surface area contributed by atoms with Gasteiger partial charge in [-0.3, -0.25) is 0 Å². The van der Waals surface area contributed by atoms with E-state index < -0.39 is 0 Å². The summed E-state index contributed by atoms with van der Waals surface area (Å²) in [5, 5.41) is 5.14. The molecule has 7 aromatic carbocycles. The van der Waals surface area contributed by atoms with Crippen molar-refractivity contribution in [2.45, 2.75) is 6.42 Å². The number of hydrogen-bond donors (Lipinski definition) is 0. The van der Waals surface area contributed by atoms with Gasteiger partial charge in [0.1, 0.15) is 0 Å². The van der Waals surface area contributed by atoms with Gasteiger partial charge in [0.2, 0.25) is 0 Å². The third-order valence-corrected chi connectivity index (χ3v) is 10.2. The molecule has 9 aromatic rings. The molecule has 0 N–H and O–H groups in total. The molecule has 2 heterocycles. The van der Waals surface area contributed by atoms with E-state index in [-0.39, 0.29) is 0 Å². The van der Waals surface area contributed by atoms with Crippen LogP contribution < -0.4 is 0 Å². The van der Waals surface area contributed by atoms with Gasteiger partial charge in [-0.15, -0.1) is 0 Å². The summed E-state index contributed by atoms with van der Waals surface area (Å²) in [5.41, 5.74) is 16.8. The molecule has 0 fully saturated rings. The summed E-state index contributed by atoms with van der Waals surface area (Å²) < 4.78 is 4.73. The fourth-order valence-electron chi connectivity index (χ4n) is 8.02. The van der Waals surface area contributed by atoms with Crippen LogP contribution in [-0.2, 0) is 13.5 Å². The highest BCUT2D eigenvalue weighted by Crippen LogP contribution is 2.42. The number of benzene rings is 7. The van der Waals surface area contributed by atoms with Crippen molar-refractivity contribution in [3.05, 3.63) is 163 Å². The van der Waals surface area contributed by atoms with Gasteiger partial charge < -0.3 is 9.13 Å². The van der Waals surface area contributed by atoms with Gasteiger partial charge in [0.05, 0.1) is 11.0 Å². The van der Waals surface area contributed by atoms with Crippen molar-refractivity contribution in [1.82, 2.24) is 9.13 Å². The maximum absolute atomic E-state index is 2.43. The van der Waals surface area contributed by atoms with Gasteiger partial charge >= 0.3 is 0 Å². The Kier molecular flexibility index (Phi) is 5.30. The first-order chi connectivity index (χ1) is 22.7. The molecule has 0 aliphatic heterocycles. The zero-order valence-corrected chi connectivity index (χ0v) is 25.5. The monoisotopic (exact) mass is 586 g/mol. The smallest absolute Gasteiger partial charge is 0.0541 e. The zero-order valence-electron chi connectivity index (χ0n) is 25.5. The molecule has 2 nitrogen and oxygen atoms in total. The number of aromatic nitrogens is 2. The van der Waals surface area contributed by atoms with Crippen molar-refractivity contribution in [1.29, 1.82) is 0 Å². The lowest BCUT2D eigenvalue weighted by atomic mass is 9.95. The van der Waals surface area contributed by atoms with E-state index in [9.17, 15) is 0 Å². The molecule has 1 aliphatic carbocycles. The van der Waals surface area contributed by atoms with E-state index in [0.717, 1.165) is 6.42 Å². The van der Waals surface area contributed by atoms with Crippen LogP contribution in [0.15, 0.2) is 152 Å². The lowest BCUT2D eigenvalue weighted by Crippen LogP contribution is -1.95. The highest BCUT2D eigenvalue weighted by molar-refractivity contribution is 6.12. The second-order valence-corrected chi connectivity index (χ2v) is 12.6. The van der Waals surface area contributed by atoms with E-state index in [4.69, 9.17) is 0 Å². The van der Waals surface area contributed by atoms with Crippen molar-refractivity contribution in [2.75, 3.05) is 0 Å². The van der Waals surface area contributed by atoms with E-state index in [2.05, 4.69) is 168 Å². The minimum Gasteiger partial charge on any atom is -0.344 e. The van der Waals surface area contributed by atoms with Crippen LogP contribution >= 0.6 is 0 Å². The van der Waals surface area contributed by atoms with Gasteiger partial charge in [0, 0.05) is 45.3 Å². The largest absolute Gasteiger partial charge is 0.344 e. The summed E-state index contributed by atoms with van der Waals surface area (Å²) in [7, 11) is 2.16. The van der Waals surface area contributed by atoms with Crippen molar-refractivity contribution in [3.63, 3.8) is 0 Å². The van der Waals surface area contributed by atoms with Crippen LogP contribution in [0.3, 0.4) is 0 Å². The summed E-state index contributed by atoms with van der Waals surface area (Å²) in [6.45, 7) is 0. The molecule has 0 saturated carbocycles. The first kappa shape index (κ1) is 25.5. The molecule has 2 heteroatoms. The van der Waals surface area contributed by atoms with Crippen molar-refractivity contribution in [3.8, 4) is 39.1 Å². The van der Waals surface area contributed by atoms with Gasteiger partial charge in [-0.25, -0.2) is 0 Å². The molecular weight excluding hydrogens is 556 g/mol. The Balaban J connectivity index is 1.13. The number of aryl methyl sites for hydroxylation is 1. The Bertz CT molecular complexity index is 2680. The number of rotatable bonds is 3. The van der Waals surface area contributed by atoms with Crippen LogP contribution in [0.4, 0.5) is 0 Å². The van der Waals surface area contributed by atoms with Crippen LogP contribution in [0.25, 0.3) is 82.7 Å². The highest BCUT2D eigenvalue weighted by Gasteiger charge is 2.22. The normalized spacial score (nSPS) is 12.4. The summed E-state index contributed by atoms with van der Waals surface area (Å²) in [6, 6.07) is 56.0. The quantitative estimate of drug-likeness (QED) is 0.195. The van der Waals surface area contributed by atoms with Gasteiger partial charge in [0.15, 0.2) is 0 Å². The Hall–Kier alpha value is -5.86. The van der Waals surface area contributed by atoms with Crippen LogP contribution in [0.5, 0.6) is 0 Å². The fraction of sp³-hybridized carbons (Fsp3) is 0.0455. The van der Waals surface area contributed by atoms with Crippen LogP contribution in [0.1, 0.15) is 11.1 Å². The Morgan fingerprint density at radius 1 is 0.413 bits per heavy atom. The van der Waals surface area contributed by atoms with E-state index in [1.807, 2.05) is 0 Å². The summed E-state index contributed by atoms with van der Waals surface area (Å²) in [4.78, 5) is 0. The molecule has 1 aliphatic rings. The Morgan fingerprint density at radius 2 is 1.00 bits per heavy atom. The molecule has 0 amide bonds. The molecule has 0 atom stereocenters. The van der Waals surface area contributed by atoms with Crippen molar-refractivity contribution >= 4 is 43.6 Å². The summed E-state index contributed by atoms with van der Waals surface area (Å²) in [5.74, 6) is 0. The van der Waals surface area contributed by atoms with Gasteiger partial charge in [0.25, 0.3) is 0 Å². The third-order valence-electron chi connectivity index (χ3n) is 10.2. The van der Waals surface area contributed by atoms with E-state index in [1.54, 1.807) is 0 Å². The Morgan fingerprint density at radius 3 is 1.85 bits per heavy atom. The number of hydrogen-bond acceptors (Lipinski definition) is 0. The third kappa shape index (κ3) is 3.59. The second kappa shape index (κ2) is 9.57. The molecule has 0 bridgehead atoms. The topological polar surface area (TPSA) is 9.86 Å². The fourth-order valence-corrected chi connectivity index (χ4v) is 8.02. The van der Waals surface area contributed by atoms with Gasteiger partial charge in [-0.1, -0.05) is 103 Å². The molecule has 46 heavy (non-hydrogen) atoms. The SMILES string of the molecule is Cn1c2ccccc2c2cc(-c3ccc4c(c3)c3ccccc3n4-c3cccc(-c4cccc5c4Cc4ccccc4-5)c3)ccc21. The molecular formula is C44H30N2. The van der Waals surface area contributed by atoms with Crippen LogP contribution in [0.2, 0.25) is 0 Å². The minimum absolute atomic E-state index is 0.981. The van der Waals surface area contributed by atoms with E-state index >= 15 is 0 Å². The average molecular weight is 587 g/mol. The molecule has 0 saturated heterocycles. The second-order valence-electron chi connectivity index (χ2n) is 12.6. The predicted molar refractivity (Wildman–Crippen MR) is 194 cm³/mol. The first-order valence-corrected chi connectivity index (χ1v) is 16.0. The first-order valence-electron chi connectivity index (χ1n) is 16.0. The van der Waals surface area contributed by atoms with E-state index in [1.165, 1.54) is 93.8 Å². The van der Waals surface area contributed by atoms with Crippen molar-refractivity contribution < 1.29 is 0 Å². The molecule has 0 unspecified atom stereocenters. The molecule has 0 spiro atoms. The van der Waals surface area contributed by atoms with Crippen LogP contribution in [0, 0.1) is 0 Å². The molecule has 216 valence electrons. The maximum atomic E-state index is 2.43. The van der Waals surface area contributed by atoms with E-state index in [0.29, 0.717) is 0 Å². The highest BCUT2D eigenvalue weighted by atomic mass is 15.0. The van der Waals surface area contributed by atoms with Crippen LogP contribution in [-0.4, -0.2) is 9.13 Å². The van der Waals surface area contributed by atoms with Crippen molar-refractivity contribution in [2.24, 2.45) is 7.05 Å². The summed E-state index contributed by atoms with van der Waals surface area (Å²) >= 11 is 0. The van der Waals surface area contributed by atoms with Gasteiger partial charge in [-0.2, -0.15) is 0 Å². The van der Waals surface area contributed by atoms with Gasteiger partial charge in [-0.05, 0) is 99.5 Å². The maximum Gasteiger partial charge on any atom is 0.0541 e. The molecule has 10 rings (SSSR count). The predicted octanol–water partition coefficient (Wildman–Crippen LogP) is 11.3. The minimum atomic E-state index is 0.981. The number of para-hydroxylation sites is 2. The average Bonchev–Trinajstić information content (AvgIpc) is 3.76. The summed E-state index contributed by atoms with van der Waals surface area (Å²) in [6.07, 6.45) is 0.981. The lowest BCUT2D eigenvalue weighted by molar-refractivity contribution is 1.01. The Labute approximate surface area is 267 Å². The molecule has 0 radical (unpaired) electrons. The molecule has 2 aromatic heterocycles. The number of nitrogens with zero attached hydrogens (tertiary/aromatic N) is 2. The number of fused-ring (bicyclic) bond motifs is 9. The lowest BCUT2D eigenvalue weighted by Gasteiger charge is -2.13.